The van der Waals surface area contributed by atoms with Crippen molar-refractivity contribution in [3.05, 3.63) is 0 Å². The Labute approximate surface area is 119 Å². The fourth-order valence-corrected chi connectivity index (χ4v) is 2.11. The average molecular weight is 239 g/mol. The first-order chi connectivity index (χ1) is 7.24. The summed E-state index contributed by atoms with van der Waals surface area (Å²) in [6, 6.07) is -0.534. The number of carboxylic acid groups (broad SMARTS) is 1. The molecular weight excluding hydrogens is 217 g/mol. The third-order valence-corrected chi connectivity index (χ3v) is 3.02. The molecule has 90 valence electrons. The predicted molar refractivity (Wildman–Crippen MR) is 64.9 cm³/mol. The number of nitrogens with one attached hydrogen (secondary N) is 1. The van der Waals surface area contributed by atoms with E-state index in [0.717, 1.165) is 25.7 Å². The SMILES string of the molecule is O=C(O)C(CO)NC1CCCCCCC1.[NaH]. The zero-order chi connectivity index (χ0) is 11.1. The minimum atomic E-state index is -0.959. The van der Waals surface area contributed by atoms with Crippen LogP contribution in [-0.4, -0.2) is 64.4 Å². The van der Waals surface area contributed by atoms with Gasteiger partial charge in [-0.15, -0.1) is 0 Å². The summed E-state index contributed by atoms with van der Waals surface area (Å²) in [5.41, 5.74) is 0. The van der Waals surface area contributed by atoms with Crippen LogP contribution in [0.25, 0.3) is 0 Å². The van der Waals surface area contributed by atoms with Gasteiger partial charge in [0.25, 0.3) is 0 Å². The second kappa shape index (κ2) is 9.42. The molecule has 1 aliphatic rings. The van der Waals surface area contributed by atoms with Gasteiger partial charge >= 0.3 is 35.5 Å². The van der Waals surface area contributed by atoms with E-state index < -0.39 is 12.0 Å². The number of aliphatic carboxylic acids is 1. The van der Waals surface area contributed by atoms with Crippen LogP contribution in [0.3, 0.4) is 0 Å². The van der Waals surface area contributed by atoms with Crippen LogP contribution in [0.4, 0.5) is 0 Å². The van der Waals surface area contributed by atoms with Gasteiger partial charge in [-0.2, -0.15) is 0 Å². The van der Waals surface area contributed by atoms with E-state index in [9.17, 15) is 4.79 Å². The van der Waals surface area contributed by atoms with E-state index in [0.29, 0.717) is 0 Å². The van der Waals surface area contributed by atoms with Gasteiger partial charge < -0.3 is 10.2 Å². The fraction of sp³-hybridized carbons (Fsp3) is 0.909. The van der Waals surface area contributed by atoms with Crippen molar-refractivity contribution in [2.45, 2.75) is 57.0 Å². The molecule has 0 radical (unpaired) electrons. The second-order valence-corrected chi connectivity index (χ2v) is 4.28. The number of hydrogen-bond acceptors (Lipinski definition) is 3. The van der Waals surface area contributed by atoms with Crippen LogP contribution >= 0.6 is 0 Å². The Hall–Kier alpha value is 0.390. The van der Waals surface area contributed by atoms with Crippen LogP contribution in [0.15, 0.2) is 0 Å². The summed E-state index contributed by atoms with van der Waals surface area (Å²) in [5, 5.41) is 20.7. The molecule has 0 heterocycles. The zero-order valence-corrected chi connectivity index (χ0v) is 9.11. The van der Waals surface area contributed by atoms with Gasteiger partial charge in [-0.25, -0.2) is 0 Å². The first kappa shape index (κ1) is 16.4. The summed E-state index contributed by atoms with van der Waals surface area (Å²) in [6.07, 6.45) is 8.18. The van der Waals surface area contributed by atoms with Gasteiger partial charge in [0.15, 0.2) is 0 Å². The van der Waals surface area contributed by atoms with E-state index in [2.05, 4.69) is 5.32 Å². The molecule has 1 aliphatic carbocycles. The molecule has 0 saturated heterocycles. The molecule has 1 rings (SSSR count). The monoisotopic (exact) mass is 239 g/mol. The summed E-state index contributed by atoms with van der Waals surface area (Å²) >= 11 is 0. The molecule has 1 atom stereocenters. The summed E-state index contributed by atoms with van der Waals surface area (Å²) in [7, 11) is 0. The van der Waals surface area contributed by atoms with Gasteiger partial charge in [-0.1, -0.05) is 32.1 Å². The number of aliphatic hydroxyl groups is 1. The van der Waals surface area contributed by atoms with Crippen molar-refractivity contribution in [1.29, 1.82) is 0 Å². The van der Waals surface area contributed by atoms with Crippen molar-refractivity contribution in [2.75, 3.05) is 6.61 Å². The molecule has 0 aromatic carbocycles. The van der Waals surface area contributed by atoms with Crippen molar-refractivity contribution in [2.24, 2.45) is 0 Å². The van der Waals surface area contributed by atoms with E-state index >= 15 is 0 Å². The molecule has 4 nitrogen and oxygen atoms in total. The van der Waals surface area contributed by atoms with Crippen molar-refractivity contribution in [3.8, 4) is 0 Å². The molecule has 5 heteroatoms. The molecule has 1 unspecified atom stereocenters. The number of carbonyl (C=O) groups is 1. The van der Waals surface area contributed by atoms with E-state index in [1.165, 1.54) is 19.3 Å². The van der Waals surface area contributed by atoms with Crippen LogP contribution < -0.4 is 5.32 Å². The molecular formula is C11H22NNaO3. The summed E-state index contributed by atoms with van der Waals surface area (Å²) in [6.45, 7) is -0.328. The average Bonchev–Trinajstić information content (AvgIpc) is 2.15. The Balaban J connectivity index is 0.00000225. The van der Waals surface area contributed by atoms with Gasteiger partial charge in [0, 0.05) is 6.04 Å². The number of aliphatic hydroxyl groups excluding tert-OH is 1. The van der Waals surface area contributed by atoms with Crippen molar-refractivity contribution < 1.29 is 15.0 Å². The third kappa shape index (κ3) is 6.21. The number of carboxylic acids is 1. The summed E-state index contributed by atoms with van der Waals surface area (Å²) in [4.78, 5) is 10.7. The van der Waals surface area contributed by atoms with Crippen LogP contribution in [0, 0.1) is 0 Å². The predicted octanol–water partition coefficient (Wildman–Crippen LogP) is 0.486. The molecule has 16 heavy (non-hydrogen) atoms. The van der Waals surface area contributed by atoms with Crippen LogP contribution in [0.2, 0.25) is 0 Å². The molecule has 0 bridgehead atoms. The van der Waals surface area contributed by atoms with E-state index in [-0.39, 0.29) is 42.2 Å². The Morgan fingerprint density at radius 2 is 1.69 bits per heavy atom. The minimum absolute atomic E-state index is 0. The normalized spacial score (nSPS) is 20.3. The van der Waals surface area contributed by atoms with E-state index in [1.54, 1.807) is 0 Å². The number of rotatable bonds is 4. The van der Waals surface area contributed by atoms with Crippen LogP contribution in [0.1, 0.15) is 44.9 Å². The maximum absolute atomic E-state index is 10.7. The quantitative estimate of drug-likeness (QED) is 0.624. The van der Waals surface area contributed by atoms with Gasteiger partial charge in [0.2, 0.25) is 0 Å². The van der Waals surface area contributed by atoms with E-state index in [1.807, 2.05) is 0 Å². The molecule has 3 N–H and O–H groups in total. The summed E-state index contributed by atoms with van der Waals surface area (Å²) in [5.74, 6) is -0.959. The van der Waals surface area contributed by atoms with Crippen molar-refractivity contribution in [1.82, 2.24) is 5.32 Å². The first-order valence-corrected chi connectivity index (χ1v) is 5.83. The number of hydrogen-bond donors (Lipinski definition) is 3. The second-order valence-electron chi connectivity index (χ2n) is 4.28. The first-order valence-electron chi connectivity index (χ1n) is 5.83. The van der Waals surface area contributed by atoms with Crippen LogP contribution in [-0.2, 0) is 4.79 Å². The Bertz CT molecular complexity index is 194. The molecule has 0 aromatic heterocycles. The Morgan fingerprint density at radius 1 is 1.19 bits per heavy atom. The van der Waals surface area contributed by atoms with Gasteiger partial charge in [-0.3, -0.25) is 10.1 Å². The molecule has 0 spiro atoms. The topological polar surface area (TPSA) is 69.6 Å². The Kier molecular flexibility index (Phi) is 9.65. The molecule has 1 saturated carbocycles. The fourth-order valence-electron chi connectivity index (χ4n) is 2.11. The molecule has 0 aromatic rings. The van der Waals surface area contributed by atoms with Crippen molar-refractivity contribution in [3.63, 3.8) is 0 Å². The van der Waals surface area contributed by atoms with Crippen LogP contribution in [0.5, 0.6) is 0 Å². The molecule has 1 fully saturated rings. The third-order valence-electron chi connectivity index (χ3n) is 3.02. The standard InChI is InChI=1S/C11H21NO3.Na.H/c13-8-10(11(14)15)12-9-6-4-2-1-3-5-7-9;;/h9-10,12-13H,1-8H2,(H,14,15);;. The van der Waals surface area contributed by atoms with Gasteiger partial charge in [0.05, 0.1) is 6.61 Å². The molecule has 0 amide bonds. The summed E-state index contributed by atoms with van der Waals surface area (Å²) < 4.78 is 0. The zero-order valence-electron chi connectivity index (χ0n) is 9.11. The van der Waals surface area contributed by atoms with Gasteiger partial charge in [0.1, 0.15) is 6.04 Å². The van der Waals surface area contributed by atoms with E-state index in [4.69, 9.17) is 10.2 Å². The maximum atomic E-state index is 10.7. The van der Waals surface area contributed by atoms with Gasteiger partial charge in [-0.05, 0) is 12.8 Å². The van der Waals surface area contributed by atoms with Crippen molar-refractivity contribution >= 4 is 35.5 Å². The molecule has 0 aliphatic heterocycles. The Morgan fingerprint density at radius 3 is 2.12 bits per heavy atom.